The summed E-state index contributed by atoms with van der Waals surface area (Å²) in [6.45, 7) is 3.50. The molecule has 1 aliphatic heterocycles. The highest BCUT2D eigenvalue weighted by molar-refractivity contribution is 6.14. The normalized spacial score (nSPS) is 16.1. The maximum atomic E-state index is 13.2. The number of hydrogen-bond acceptors (Lipinski definition) is 5. The summed E-state index contributed by atoms with van der Waals surface area (Å²) in [4.78, 5) is 27.7. The number of unbranched alkanes of at least 4 members (excludes halogenated alkanes) is 1. The van der Waals surface area contributed by atoms with Crippen LogP contribution in [0.2, 0.25) is 0 Å². The summed E-state index contributed by atoms with van der Waals surface area (Å²) in [5.74, 6) is -0.785. The third-order valence-electron chi connectivity index (χ3n) is 5.48. The predicted molar refractivity (Wildman–Crippen MR) is 128 cm³/mol. The molecule has 0 saturated heterocycles. The number of carbonyl (C=O) groups is 2. The summed E-state index contributed by atoms with van der Waals surface area (Å²) < 4.78 is 11.0. The molecule has 0 spiro atoms. The summed E-state index contributed by atoms with van der Waals surface area (Å²) in [5.41, 5.74) is 1.65. The maximum Gasteiger partial charge on any atom is 0.290 e. The van der Waals surface area contributed by atoms with Gasteiger partial charge in [-0.15, -0.1) is 0 Å². The molecule has 0 aliphatic carbocycles. The number of hydrogen-bond donors (Lipinski definition) is 1. The minimum Gasteiger partial charge on any atom is -0.503 e. The smallest absolute Gasteiger partial charge is 0.290 e. The number of amides is 1. The highest BCUT2D eigenvalue weighted by Crippen LogP contribution is 2.39. The van der Waals surface area contributed by atoms with E-state index in [1.807, 2.05) is 54.6 Å². The number of methoxy groups -OCH3 is 1. The average Bonchev–Trinajstić information content (AvgIpc) is 3.09. The Morgan fingerprint density at radius 1 is 1.09 bits per heavy atom. The summed E-state index contributed by atoms with van der Waals surface area (Å²) >= 11 is 0. The number of allylic oxidation sites excluding steroid dienone is 1. The van der Waals surface area contributed by atoms with E-state index in [0.717, 1.165) is 24.0 Å². The molecule has 0 radical (unpaired) electrons. The van der Waals surface area contributed by atoms with Crippen LogP contribution >= 0.6 is 0 Å². The molecular formula is C27H31NO5. The van der Waals surface area contributed by atoms with Gasteiger partial charge in [0, 0.05) is 20.3 Å². The van der Waals surface area contributed by atoms with Gasteiger partial charge in [0.1, 0.15) is 5.75 Å². The Morgan fingerprint density at radius 2 is 1.88 bits per heavy atom. The highest BCUT2D eigenvalue weighted by Gasteiger charge is 2.42. The van der Waals surface area contributed by atoms with E-state index in [0.29, 0.717) is 31.9 Å². The lowest BCUT2D eigenvalue weighted by Crippen LogP contribution is -2.32. The van der Waals surface area contributed by atoms with Crippen LogP contribution in [-0.2, 0) is 14.3 Å². The summed E-state index contributed by atoms with van der Waals surface area (Å²) in [7, 11) is 1.60. The Balaban J connectivity index is 1.93. The Labute approximate surface area is 195 Å². The van der Waals surface area contributed by atoms with Crippen LogP contribution in [0.15, 0.2) is 72.0 Å². The lowest BCUT2D eigenvalue weighted by molar-refractivity contribution is -0.129. The molecule has 0 fully saturated rings. The molecule has 0 bridgehead atoms. The molecule has 1 heterocycles. The zero-order valence-corrected chi connectivity index (χ0v) is 19.2. The van der Waals surface area contributed by atoms with Crippen LogP contribution in [0.4, 0.5) is 0 Å². The average molecular weight is 450 g/mol. The maximum absolute atomic E-state index is 13.2. The zero-order chi connectivity index (χ0) is 23.6. The number of ether oxygens (including phenoxy) is 2. The van der Waals surface area contributed by atoms with Crippen molar-refractivity contribution in [2.45, 2.75) is 32.2 Å². The highest BCUT2D eigenvalue weighted by atomic mass is 16.5. The lowest BCUT2D eigenvalue weighted by Gasteiger charge is -2.27. The van der Waals surface area contributed by atoms with E-state index in [1.165, 1.54) is 11.0 Å². The van der Waals surface area contributed by atoms with Gasteiger partial charge in [0.15, 0.2) is 11.5 Å². The second-order valence-corrected chi connectivity index (χ2v) is 7.89. The van der Waals surface area contributed by atoms with Crippen LogP contribution in [0, 0.1) is 0 Å². The fourth-order valence-electron chi connectivity index (χ4n) is 3.80. The zero-order valence-electron chi connectivity index (χ0n) is 19.2. The first-order valence-electron chi connectivity index (χ1n) is 11.3. The van der Waals surface area contributed by atoms with E-state index >= 15 is 0 Å². The van der Waals surface area contributed by atoms with Crippen molar-refractivity contribution in [3.05, 3.63) is 83.1 Å². The Kier molecular flexibility index (Phi) is 8.84. The van der Waals surface area contributed by atoms with Crippen LogP contribution < -0.4 is 4.74 Å². The first-order valence-corrected chi connectivity index (χ1v) is 11.3. The molecule has 6 heteroatoms. The van der Waals surface area contributed by atoms with E-state index in [-0.39, 0.29) is 5.57 Å². The van der Waals surface area contributed by atoms with Crippen molar-refractivity contribution in [2.24, 2.45) is 0 Å². The van der Waals surface area contributed by atoms with Gasteiger partial charge >= 0.3 is 0 Å². The number of carbonyl (C=O) groups excluding carboxylic acids is 2. The lowest BCUT2D eigenvalue weighted by atomic mass is 9.95. The number of aliphatic hydroxyl groups is 1. The first kappa shape index (κ1) is 24.3. The number of nitrogens with zero attached hydrogens (tertiary/aromatic N) is 1. The molecule has 0 aromatic heterocycles. The molecule has 0 saturated carbocycles. The van der Waals surface area contributed by atoms with E-state index in [4.69, 9.17) is 9.47 Å². The van der Waals surface area contributed by atoms with Gasteiger partial charge in [0.25, 0.3) is 5.91 Å². The fourth-order valence-corrected chi connectivity index (χ4v) is 3.80. The van der Waals surface area contributed by atoms with Crippen LogP contribution in [0.25, 0.3) is 6.08 Å². The second kappa shape index (κ2) is 12.0. The van der Waals surface area contributed by atoms with Gasteiger partial charge in [-0.3, -0.25) is 9.59 Å². The number of rotatable bonds is 12. The van der Waals surface area contributed by atoms with Crippen LogP contribution in [0.3, 0.4) is 0 Å². The van der Waals surface area contributed by atoms with Crippen LogP contribution in [-0.4, -0.2) is 48.6 Å². The van der Waals surface area contributed by atoms with Crippen LogP contribution in [0.5, 0.6) is 5.75 Å². The molecule has 1 aliphatic rings. The minimum atomic E-state index is -0.697. The van der Waals surface area contributed by atoms with Crippen molar-refractivity contribution in [3.63, 3.8) is 0 Å². The van der Waals surface area contributed by atoms with Crippen molar-refractivity contribution in [1.29, 1.82) is 0 Å². The van der Waals surface area contributed by atoms with E-state index < -0.39 is 23.5 Å². The molecule has 2 aromatic rings. The molecule has 1 atom stereocenters. The van der Waals surface area contributed by atoms with Crippen molar-refractivity contribution >= 4 is 17.8 Å². The van der Waals surface area contributed by atoms with Gasteiger partial charge in [-0.25, -0.2) is 0 Å². The SMILES string of the molecule is CCCCOc1cccc(C2C(C(=O)/C=C/c3ccccc3)=C(O)C(=O)N2CCCOC)c1. The Morgan fingerprint density at radius 3 is 2.61 bits per heavy atom. The molecule has 33 heavy (non-hydrogen) atoms. The summed E-state index contributed by atoms with van der Waals surface area (Å²) in [5, 5.41) is 10.7. The van der Waals surface area contributed by atoms with Crippen molar-refractivity contribution < 1.29 is 24.2 Å². The van der Waals surface area contributed by atoms with Gasteiger partial charge in [-0.05, 0) is 42.2 Å². The third kappa shape index (κ3) is 6.11. The van der Waals surface area contributed by atoms with Gasteiger partial charge in [0.05, 0.1) is 18.2 Å². The van der Waals surface area contributed by atoms with Crippen molar-refractivity contribution in [2.75, 3.05) is 26.9 Å². The molecule has 174 valence electrons. The topological polar surface area (TPSA) is 76.1 Å². The molecule has 3 rings (SSSR count). The van der Waals surface area contributed by atoms with Crippen molar-refractivity contribution in [1.82, 2.24) is 4.90 Å². The Bertz CT molecular complexity index is 1010. The van der Waals surface area contributed by atoms with E-state index in [9.17, 15) is 14.7 Å². The summed E-state index contributed by atoms with van der Waals surface area (Å²) in [6, 6.07) is 16.1. The standard InChI is InChI=1S/C27H31NO5/c1-3-4-18-33-22-13-8-12-21(19-22)25-24(23(29)15-14-20-10-6-5-7-11-20)26(30)27(31)28(25)16-9-17-32-2/h5-8,10-15,19,25,30H,3-4,9,16-18H2,1-2H3/b15-14+. The van der Waals surface area contributed by atoms with Crippen molar-refractivity contribution in [3.8, 4) is 5.75 Å². The number of benzene rings is 2. The number of aliphatic hydroxyl groups excluding tert-OH is 1. The van der Waals surface area contributed by atoms with Gasteiger partial charge in [-0.1, -0.05) is 61.9 Å². The quantitative estimate of drug-likeness (QED) is 0.369. The monoisotopic (exact) mass is 449 g/mol. The fraction of sp³-hybridized carbons (Fsp3) is 0.333. The third-order valence-corrected chi connectivity index (χ3v) is 5.48. The second-order valence-electron chi connectivity index (χ2n) is 7.89. The van der Waals surface area contributed by atoms with Gasteiger partial charge in [0.2, 0.25) is 0 Å². The summed E-state index contributed by atoms with van der Waals surface area (Å²) in [6.07, 6.45) is 5.63. The number of ketones is 1. The molecular weight excluding hydrogens is 418 g/mol. The van der Waals surface area contributed by atoms with Crippen LogP contribution in [0.1, 0.15) is 43.4 Å². The minimum absolute atomic E-state index is 0.0790. The molecule has 1 unspecified atom stereocenters. The van der Waals surface area contributed by atoms with E-state index in [2.05, 4.69) is 6.92 Å². The van der Waals surface area contributed by atoms with E-state index in [1.54, 1.807) is 13.2 Å². The largest absolute Gasteiger partial charge is 0.503 e. The molecule has 6 nitrogen and oxygen atoms in total. The van der Waals surface area contributed by atoms with Gasteiger partial charge < -0.3 is 19.5 Å². The predicted octanol–water partition coefficient (Wildman–Crippen LogP) is 4.88. The molecule has 2 aromatic carbocycles. The molecule has 1 amide bonds. The molecule has 1 N–H and O–H groups in total. The van der Waals surface area contributed by atoms with Gasteiger partial charge in [-0.2, -0.15) is 0 Å². The first-order chi connectivity index (χ1) is 16.1. The Hall–Kier alpha value is -3.38.